The fourth-order valence-corrected chi connectivity index (χ4v) is 4.47. The molecule has 1 aliphatic heterocycles. The van der Waals surface area contributed by atoms with Crippen molar-refractivity contribution in [3.8, 4) is 0 Å². The molecule has 2 fully saturated rings. The molecule has 2 N–H and O–H groups in total. The molecule has 1 aliphatic carbocycles. The van der Waals surface area contributed by atoms with E-state index in [0.717, 1.165) is 24.4 Å². The van der Waals surface area contributed by atoms with Crippen molar-refractivity contribution in [1.82, 2.24) is 25.1 Å². The van der Waals surface area contributed by atoms with E-state index >= 15 is 0 Å². The van der Waals surface area contributed by atoms with Crippen LogP contribution in [-0.2, 0) is 13.1 Å². The number of likely N-dealkylation sites (tertiary alicyclic amines) is 1. The van der Waals surface area contributed by atoms with Crippen LogP contribution in [0.5, 0.6) is 0 Å². The predicted octanol–water partition coefficient (Wildman–Crippen LogP) is 3.00. The molecule has 1 saturated carbocycles. The molecule has 0 unspecified atom stereocenters. The minimum absolute atomic E-state index is 0.520. The number of guanidine groups is 1. The van der Waals surface area contributed by atoms with Gasteiger partial charge in [0.15, 0.2) is 5.96 Å². The molecule has 1 aromatic rings. The second-order valence-electron chi connectivity index (χ2n) is 8.56. The van der Waals surface area contributed by atoms with Crippen LogP contribution in [0.2, 0.25) is 0 Å². The largest absolute Gasteiger partial charge is 0.354 e. The van der Waals surface area contributed by atoms with Gasteiger partial charge in [0.1, 0.15) is 5.82 Å². The Morgan fingerprint density at radius 1 is 1.19 bits per heavy atom. The summed E-state index contributed by atoms with van der Waals surface area (Å²) >= 11 is 0. The third-order valence-electron chi connectivity index (χ3n) is 5.96. The lowest BCUT2D eigenvalue weighted by molar-refractivity contribution is 0.119. The van der Waals surface area contributed by atoms with Gasteiger partial charge in [0.05, 0.1) is 6.54 Å². The fourth-order valence-electron chi connectivity index (χ4n) is 4.47. The standard InChI is InChI=1S/C21H38N6/c1-17(2)16-27-14-11-23-20(27)15-24-21(22-3)25-18-9-12-26(13-10-18)19-7-5-4-6-8-19/h11,14,17-19H,4-10,12-13,15-16H2,1-3H3,(H2,22,24,25). The van der Waals surface area contributed by atoms with Crippen LogP contribution >= 0.6 is 0 Å². The van der Waals surface area contributed by atoms with Crippen molar-refractivity contribution in [2.45, 2.75) is 84.0 Å². The van der Waals surface area contributed by atoms with Crippen LogP contribution in [0.15, 0.2) is 17.4 Å². The van der Waals surface area contributed by atoms with Crippen molar-refractivity contribution in [3.05, 3.63) is 18.2 Å². The molecule has 0 amide bonds. The topological polar surface area (TPSA) is 57.5 Å². The van der Waals surface area contributed by atoms with Gasteiger partial charge >= 0.3 is 0 Å². The summed E-state index contributed by atoms with van der Waals surface area (Å²) in [6.07, 6.45) is 13.5. The van der Waals surface area contributed by atoms with Crippen LogP contribution in [0.4, 0.5) is 0 Å². The number of rotatable bonds is 6. The monoisotopic (exact) mass is 374 g/mol. The first-order chi connectivity index (χ1) is 13.2. The second kappa shape index (κ2) is 10.1. The molecule has 152 valence electrons. The van der Waals surface area contributed by atoms with E-state index in [2.05, 4.69) is 50.1 Å². The van der Waals surface area contributed by atoms with Gasteiger partial charge in [-0.3, -0.25) is 4.99 Å². The van der Waals surface area contributed by atoms with Gasteiger partial charge in [-0.05, 0) is 31.6 Å². The summed E-state index contributed by atoms with van der Waals surface area (Å²) in [5.74, 6) is 2.58. The molecule has 2 aliphatic rings. The number of piperidine rings is 1. The van der Waals surface area contributed by atoms with Gasteiger partial charge in [-0.15, -0.1) is 0 Å². The Bertz CT molecular complexity index is 579. The third-order valence-corrected chi connectivity index (χ3v) is 5.96. The van der Waals surface area contributed by atoms with Crippen molar-refractivity contribution < 1.29 is 0 Å². The molecule has 6 nitrogen and oxygen atoms in total. The molecule has 0 aromatic carbocycles. The van der Waals surface area contributed by atoms with E-state index in [0.29, 0.717) is 18.5 Å². The number of hydrogen-bond donors (Lipinski definition) is 2. The number of aromatic nitrogens is 2. The quantitative estimate of drug-likeness (QED) is 0.594. The minimum atomic E-state index is 0.520. The van der Waals surface area contributed by atoms with Crippen LogP contribution < -0.4 is 10.6 Å². The van der Waals surface area contributed by atoms with Crippen molar-refractivity contribution in [3.63, 3.8) is 0 Å². The molecule has 0 spiro atoms. The average Bonchev–Trinajstić information content (AvgIpc) is 3.12. The van der Waals surface area contributed by atoms with E-state index in [9.17, 15) is 0 Å². The van der Waals surface area contributed by atoms with Gasteiger partial charge in [-0.2, -0.15) is 0 Å². The van der Waals surface area contributed by atoms with Crippen molar-refractivity contribution in [2.24, 2.45) is 10.9 Å². The maximum atomic E-state index is 4.50. The Morgan fingerprint density at radius 3 is 2.59 bits per heavy atom. The van der Waals surface area contributed by atoms with Gasteiger partial charge in [0.25, 0.3) is 0 Å². The number of imidazole rings is 1. The molecule has 0 bridgehead atoms. The van der Waals surface area contributed by atoms with Crippen molar-refractivity contribution >= 4 is 5.96 Å². The Morgan fingerprint density at radius 2 is 1.93 bits per heavy atom. The molecule has 0 atom stereocenters. The smallest absolute Gasteiger partial charge is 0.191 e. The summed E-state index contributed by atoms with van der Waals surface area (Å²) in [6.45, 7) is 8.62. The normalized spacial score (nSPS) is 21.0. The number of nitrogens with zero attached hydrogens (tertiary/aromatic N) is 4. The van der Waals surface area contributed by atoms with Gasteiger partial charge in [-0.1, -0.05) is 33.1 Å². The lowest BCUT2D eigenvalue weighted by Crippen LogP contribution is -2.50. The molecule has 1 saturated heterocycles. The van der Waals surface area contributed by atoms with Gasteiger partial charge in [0, 0.05) is 51.2 Å². The fraction of sp³-hybridized carbons (Fsp3) is 0.810. The van der Waals surface area contributed by atoms with Crippen LogP contribution in [0, 0.1) is 5.92 Å². The number of aliphatic imine (C=N–C) groups is 1. The SMILES string of the molecule is CN=C(NCc1nccn1CC(C)C)NC1CCN(C2CCCCC2)CC1. The summed E-state index contributed by atoms with van der Waals surface area (Å²) in [7, 11) is 1.85. The number of nitrogens with one attached hydrogen (secondary N) is 2. The molecular formula is C21H38N6. The van der Waals surface area contributed by atoms with E-state index in [1.807, 2.05) is 13.2 Å². The zero-order valence-corrected chi connectivity index (χ0v) is 17.5. The molecule has 3 rings (SSSR count). The summed E-state index contributed by atoms with van der Waals surface area (Å²) in [5, 5.41) is 7.08. The zero-order valence-electron chi connectivity index (χ0n) is 17.5. The maximum absolute atomic E-state index is 4.50. The van der Waals surface area contributed by atoms with Crippen LogP contribution in [-0.4, -0.2) is 52.6 Å². The molecule has 0 radical (unpaired) electrons. The molecule has 1 aromatic heterocycles. The predicted molar refractivity (Wildman–Crippen MR) is 112 cm³/mol. The maximum Gasteiger partial charge on any atom is 0.191 e. The summed E-state index contributed by atoms with van der Waals surface area (Å²) in [6, 6.07) is 1.36. The minimum Gasteiger partial charge on any atom is -0.354 e. The third kappa shape index (κ3) is 5.96. The highest BCUT2D eigenvalue weighted by Gasteiger charge is 2.26. The number of hydrogen-bond acceptors (Lipinski definition) is 3. The lowest BCUT2D eigenvalue weighted by Gasteiger charge is -2.39. The zero-order chi connectivity index (χ0) is 19.1. The summed E-state index contributed by atoms with van der Waals surface area (Å²) < 4.78 is 2.23. The van der Waals surface area contributed by atoms with Crippen molar-refractivity contribution in [2.75, 3.05) is 20.1 Å². The van der Waals surface area contributed by atoms with E-state index in [4.69, 9.17) is 0 Å². The molecule has 27 heavy (non-hydrogen) atoms. The molecular weight excluding hydrogens is 336 g/mol. The highest BCUT2D eigenvalue weighted by Crippen LogP contribution is 2.25. The van der Waals surface area contributed by atoms with Gasteiger partial charge in [-0.25, -0.2) is 4.98 Å². The second-order valence-corrected chi connectivity index (χ2v) is 8.56. The highest BCUT2D eigenvalue weighted by atomic mass is 15.2. The summed E-state index contributed by atoms with van der Waals surface area (Å²) in [4.78, 5) is 11.7. The average molecular weight is 375 g/mol. The molecule has 6 heteroatoms. The van der Waals surface area contributed by atoms with E-state index < -0.39 is 0 Å². The van der Waals surface area contributed by atoms with Crippen LogP contribution in [0.1, 0.15) is 64.6 Å². The molecule has 2 heterocycles. The van der Waals surface area contributed by atoms with Crippen LogP contribution in [0.3, 0.4) is 0 Å². The summed E-state index contributed by atoms with van der Waals surface area (Å²) in [5.41, 5.74) is 0. The van der Waals surface area contributed by atoms with Crippen molar-refractivity contribution in [1.29, 1.82) is 0 Å². The van der Waals surface area contributed by atoms with E-state index in [-0.39, 0.29) is 0 Å². The van der Waals surface area contributed by atoms with E-state index in [1.165, 1.54) is 58.0 Å². The first kappa shape index (κ1) is 20.2. The first-order valence-electron chi connectivity index (χ1n) is 10.9. The first-order valence-corrected chi connectivity index (χ1v) is 10.9. The Hall–Kier alpha value is -1.56. The Kier molecular flexibility index (Phi) is 7.56. The van der Waals surface area contributed by atoms with Gasteiger partial charge in [0.2, 0.25) is 0 Å². The lowest BCUT2D eigenvalue weighted by atomic mass is 9.92. The highest BCUT2D eigenvalue weighted by molar-refractivity contribution is 5.79. The Balaban J connectivity index is 1.42. The van der Waals surface area contributed by atoms with Crippen LogP contribution in [0.25, 0.3) is 0 Å². The Labute approximate surface area is 164 Å². The van der Waals surface area contributed by atoms with E-state index in [1.54, 1.807) is 0 Å². The van der Waals surface area contributed by atoms with Gasteiger partial charge < -0.3 is 20.1 Å².